The summed E-state index contributed by atoms with van der Waals surface area (Å²) in [5.41, 5.74) is 1.26. The molecular formula is C27H51N3O3. The molecule has 3 rings (SSSR count). The number of hydrogen-bond donors (Lipinski definition) is 0. The molecule has 6 nitrogen and oxygen atoms in total. The fraction of sp³-hybridized carbons (Fsp3) is 0.667. The van der Waals surface area contributed by atoms with Gasteiger partial charge in [0.15, 0.2) is 18.7 Å². The molecule has 33 heavy (non-hydrogen) atoms. The Morgan fingerprint density at radius 2 is 1.18 bits per heavy atom. The van der Waals surface area contributed by atoms with E-state index in [0.717, 1.165) is 17.3 Å². The van der Waals surface area contributed by atoms with Crippen LogP contribution in [0.1, 0.15) is 121 Å². The lowest BCUT2D eigenvalue weighted by molar-refractivity contribution is 0.392. The van der Waals surface area contributed by atoms with Crippen molar-refractivity contribution < 1.29 is 13.3 Å². The van der Waals surface area contributed by atoms with Crippen molar-refractivity contribution in [2.75, 3.05) is 0 Å². The molecule has 0 fully saturated rings. The van der Waals surface area contributed by atoms with Crippen LogP contribution in [0.3, 0.4) is 0 Å². The summed E-state index contributed by atoms with van der Waals surface area (Å²) in [7, 11) is 0. The first-order chi connectivity index (χ1) is 15.3. The zero-order chi connectivity index (χ0) is 26.7. The summed E-state index contributed by atoms with van der Waals surface area (Å²) < 4.78 is 15.0. The van der Waals surface area contributed by atoms with Gasteiger partial charge in [0.25, 0.3) is 0 Å². The maximum absolute atomic E-state index is 5.09. The van der Waals surface area contributed by atoms with Crippen LogP contribution in [0.2, 0.25) is 0 Å². The van der Waals surface area contributed by atoms with Crippen molar-refractivity contribution >= 4 is 0 Å². The maximum Gasteiger partial charge on any atom is 0.199 e. The third kappa shape index (κ3) is 16.9. The Bertz CT molecular complexity index is 621. The average molecular weight is 466 g/mol. The number of aromatic nitrogens is 3. The number of nitrogens with zero attached hydrogens (tertiary/aromatic N) is 3. The minimum Gasteiger partial charge on any atom is -0.451 e. The lowest BCUT2D eigenvalue weighted by Crippen LogP contribution is -2.10. The fourth-order valence-electron chi connectivity index (χ4n) is 1.76. The van der Waals surface area contributed by atoms with Crippen molar-refractivity contribution in [3.8, 4) is 0 Å². The van der Waals surface area contributed by atoms with E-state index in [1.54, 1.807) is 24.9 Å². The summed E-state index contributed by atoms with van der Waals surface area (Å²) in [6.45, 7) is 30.8. The van der Waals surface area contributed by atoms with Crippen LogP contribution >= 0.6 is 0 Å². The SMILES string of the molecule is CC.CC.CC.CC(C)(C)c1cnco1.CC(C)(C)c1cocn1.CC(C)(C)c1ncco1. The summed E-state index contributed by atoms with van der Waals surface area (Å²) in [6.07, 6.45) is 9.61. The van der Waals surface area contributed by atoms with Crippen molar-refractivity contribution in [3.05, 3.63) is 55.1 Å². The van der Waals surface area contributed by atoms with Gasteiger partial charge in [-0.15, -0.1) is 0 Å². The predicted molar refractivity (Wildman–Crippen MR) is 140 cm³/mol. The number of hydrogen-bond acceptors (Lipinski definition) is 6. The van der Waals surface area contributed by atoms with Crippen LogP contribution in [0.25, 0.3) is 0 Å². The normalized spacial score (nSPS) is 10.3. The van der Waals surface area contributed by atoms with Gasteiger partial charge in [0.2, 0.25) is 0 Å². The van der Waals surface area contributed by atoms with E-state index in [1.807, 2.05) is 41.5 Å². The summed E-state index contributed by atoms with van der Waals surface area (Å²) >= 11 is 0. The van der Waals surface area contributed by atoms with Gasteiger partial charge >= 0.3 is 0 Å². The molecule has 3 heterocycles. The molecule has 6 heteroatoms. The van der Waals surface area contributed by atoms with Crippen LogP contribution in [-0.4, -0.2) is 15.0 Å². The highest BCUT2D eigenvalue weighted by molar-refractivity contribution is 5.05. The van der Waals surface area contributed by atoms with E-state index in [2.05, 4.69) is 77.3 Å². The first-order valence-electron chi connectivity index (χ1n) is 12.0. The standard InChI is InChI=1S/3C7H11NO.3C2H6/c1-7(2,3)6-4-9-5-8-6;1-7(2,3)6-4-8-5-9-6;1-7(2,3)6-8-4-5-9-6;3*1-2/h3*4-5H,1-3H3;3*1-2H3. The second kappa shape index (κ2) is 18.1. The molecule has 192 valence electrons. The summed E-state index contributed by atoms with van der Waals surface area (Å²) in [4.78, 5) is 11.9. The predicted octanol–water partition coefficient (Wildman–Crippen LogP) is 8.99. The molecule has 0 amide bonds. The Morgan fingerprint density at radius 1 is 0.636 bits per heavy atom. The molecule has 0 atom stereocenters. The van der Waals surface area contributed by atoms with Gasteiger partial charge in [-0.25, -0.2) is 15.0 Å². The van der Waals surface area contributed by atoms with Gasteiger partial charge in [-0.2, -0.15) is 0 Å². The molecular weight excluding hydrogens is 414 g/mol. The molecule has 0 saturated heterocycles. The van der Waals surface area contributed by atoms with Crippen LogP contribution in [-0.2, 0) is 16.2 Å². The van der Waals surface area contributed by atoms with Crippen molar-refractivity contribution in [2.45, 2.75) is 120 Å². The van der Waals surface area contributed by atoms with Crippen LogP contribution in [0.15, 0.2) is 51.0 Å². The molecule has 3 aromatic heterocycles. The largest absolute Gasteiger partial charge is 0.451 e. The van der Waals surface area contributed by atoms with Crippen LogP contribution in [0.5, 0.6) is 0 Å². The van der Waals surface area contributed by atoms with Crippen LogP contribution in [0.4, 0.5) is 0 Å². The molecule has 0 aliphatic carbocycles. The van der Waals surface area contributed by atoms with Gasteiger partial charge < -0.3 is 13.3 Å². The molecule has 0 spiro atoms. The van der Waals surface area contributed by atoms with Crippen molar-refractivity contribution in [2.24, 2.45) is 0 Å². The van der Waals surface area contributed by atoms with Crippen molar-refractivity contribution in [3.63, 3.8) is 0 Å². The Balaban J connectivity index is -0.000000367. The van der Waals surface area contributed by atoms with E-state index in [0.29, 0.717) is 0 Å². The quantitative estimate of drug-likeness (QED) is 0.329. The summed E-state index contributed by atoms with van der Waals surface area (Å²) in [5.74, 6) is 1.73. The van der Waals surface area contributed by atoms with Crippen LogP contribution in [0, 0.1) is 0 Å². The Labute approximate surface area is 203 Å². The van der Waals surface area contributed by atoms with Crippen molar-refractivity contribution in [1.29, 1.82) is 0 Å². The molecule has 0 unspecified atom stereocenters. The first kappa shape index (κ1) is 35.2. The van der Waals surface area contributed by atoms with E-state index in [9.17, 15) is 0 Å². The molecule has 0 saturated carbocycles. The highest BCUT2D eigenvalue weighted by Gasteiger charge is 2.18. The zero-order valence-corrected chi connectivity index (χ0v) is 24.0. The van der Waals surface area contributed by atoms with Gasteiger partial charge in [0.1, 0.15) is 18.3 Å². The van der Waals surface area contributed by atoms with Gasteiger partial charge in [-0.1, -0.05) is 104 Å². The minimum absolute atomic E-state index is 0.0451. The first-order valence-corrected chi connectivity index (χ1v) is 12.0. The maximum atomic E-state index is 5.09. The average Bonchev–Trinajstić information content (AvgIpc) is 3.55. The topological polar surface area (TPSA) is 78.1 Å². The highest BCUT2D eigenvalue weighted by Crippen LogP contribution is 2.21. The van der Waals surface area contributed by atoms with E-state index < -0.39 is 0 Å². The molecule has 0 N–H and O–H groups in total. The third-order valence-corrected chi connectivity index (χ3v) is 3.45. The summed E-state index contributed by atoms with van der Waals surface area (Å²) in [5, 5.41) is 0. The lowest BCUT2D eigenvalue weighted by atomic mass is 9.93. The zero-order valence-electron chi connectivity index (χ0n) is 24.0. The smallest absolute Gasteiger partial charge is 0.199 e. The lowest BCUT2D eigenvalue weighted by Gasteiger charge is -2.12. The van der Waals surface area contributed by atoms with E-state index in [-0.39, 0.29) is 16.2 Å². The number of rotatable bonds is 0. The second-order valence-electron chi connectivity index (χ2n) is 9.33. The monoisotopic (exact) mass is 465 g/mol. The molecule has 3 aromatic rings. The van der Waals surface area contributed by atoms with Gasteiger partial charge in [-0.05, 0) is 0 Å². The fourth-order valence-corrected chi connectivity index (χ4v) is 1.76. The Hall–Kier alpha value is -2.37. The number of oxazole rings is 3. The van der Waals surface area contributed by atoms with Gasteiger partial charge in [0.05, 0.1) is 18.1 Å². The molecule has 0 aromatic carbocycles. The van der Waals surface area contributed by atoms with E-state index in [1.165, 1.54) is 12.8 Å². The highest BCUT2D eigenvalue weighted by atomic mass is 16.3. The van der Waals surface area contributed by atoms with Gasteiger partial charge in [-0.3, -0.25) is 0 Å². The second-order valence-corrected chi connectivity index (χ2v) is 9.33. The van der Waals surface area contributed by atoms with E-state index >= 15 is 0 Å². The molecule has 0 aliphatic rings. The Kier molecular flexibility index (Phi) is 19.3. The van der Waals surface area contributed by atoms with E-state index in [4.69, 9.17) is 13.3 Å². The minimum atomic E-state index is 0.0451. The third-order valence-electron chi connectivity index (χ3n) is 3.45. The molecule has 0 bridgehead atoms. The molecule has 0 aliphatic heterocycles. The van der Waals surface area contributed by atoms with Crippen molar-refractivity contribution in [1.82, 2.24) is 15.0 Å². The summed E-state index contributed by atoms with van der Waals surface area (Å²) in [6, 6.07) is 0. The van der Waals surface area contributed by atoms with Crippen LogP contribution < -0.4 is 0 Å². The molecule has 0 radical (unpaired) electrons. The van der Waals surface area contributed by atoms with Gasteiger partial charge in [0, 0.05) is 16.2 Å². The Morgan fingerprint density at radius 3 is 1.36 bits per heavy atom.